The van der Waals surface area contributed by atoms with Gasteiger partial charge in [0.15, 0.2) is 6.61 Å². The highest BCUT2D eigenvalue weighted by Crippen LogP contribution is 2.33. The normalized spacial score (nSPS) is 16.0. The Balaban J connectivity index is 1.46. The number of rotatable bonds is 4. The average Bonchev–Trinajstić information content (AvgIpc) is 3.29. The van der Waals surface area contributed by atoms with Gasteiger partial charge in [0.05, 0.1) is 5.92 Å². The largest absolute Gasteiger partial charge is 0.455 e. The van der Waals surface area contributed by atoms with Gasteiger partial charge in [0.2, 0.25) is 11.7 Å². The smallest absolute Gasteiger partial charge is 0.314 e. The highest BCUT2D eigenvalue weighted by atomic mass is 32.1. The van der Waals surface area contributed by atoms with Gasteiger partial charge < -0.3 is 14.6 Å². The molecule has 26 heavy (non-hydrogen) atoms. The fourth-order valence-electron chi connectivity index (χ4n) is 2.70. The fourth-order valence-corrected chi connectivity index (χ4v) is 3.34. The van der Waals surface area contributed by atoms with E-state index in [1.807, 2.05) is 16.8 Å². The molecule has 1 aliphatic rings. The second-order valence-corrected chi connectivity index (χ2v) is 6.45. The third kappa shape index (κ3) is 3.21. The zero-order valence-electron chi connectivity index (χ0n) is 13.3. The molecule has 1 N–H and O–H groups in total. The number of amides is 1. The summed E-state index contributed by atoms with van der Waals surface area (Å²) in [6.45, 7) is -0.204. The molecule has 0 saturated carbocycles. The summed E-state index contributed by atoms with van der Waals surface area (Å²) in [5.41, 5.74) is 1.61. The van der Waals surface area contributed by atoms with Gasteiger partial charge in [-0.15, -0.1) is 0 Å². The molecule has 0 saturated heterocycles. The quantitative estimate of drug-likeness (QED) is 0.706. The topological polar surface area (TPSA) is 94.3 Å². The van der Waals surface area contributed by atoms with Crippen LogP contribution in [-0.4, -0.2) is 22.0 Å². The summed E-state index contributed by atoms with van der Waals surface area (Å²) in [7, 11) is 0. The number of aromatic nitrogens is 2. The molecule has 1 unspecified atom stereocenters. The predicted molar refractivity (Wildman–Crippen MR) is 89.8 cm³/mol. The summed E-state index contributed by atoms with van der Waals surface area (Å²) in [4.78, 5) is 28.4. The van der Waals surface area contributed by atoms with Crippen LogP contribution in [0.4, 0.5) is 10.1 Å². The van der Waals surface area contributed by atoms with Gasteiger partial charge >= 0.3 is 5.97 Å². The van der Waals surface area contributed by atoms with E-state index in [2.05, 4.69) is 15.5 Å². The Morgan fingerprint density at radius 3 is 3.12 bits per heavy atom. The number of nitrogens with one attached hydrogen (secondary N) is 1. The standard InChI is InChI=1S/C17H12FN3O4S/c18-10-1-2-11-12(6-14(22)19-13(11)5-10)17(23)24-7-15-20-16(21-25-15)9-3-4-26-8-9/h1-5,8,12H,6-7H2,(H,19,22). The highest BCUT2D eigenvalue weighted by molar-refractivity contribution is 7.08. The van der Waals surface area contributed by atoms with E-state index in [1.165, 1.54) is 29.5 Å². The van der Waals surface area contributed by atoms with Gasteiger partial charge in [-0.1, -0.05) is 11.2 Å². The van der Waals surface area contributed by atoms with Gasteiger partial charge in [-0.3, -0.25) is 9.59 Å². The number of halogens is 1. The number of esters is 1. The Morgan fingerprint density at radius 1 is 1.42 bits per heavy atom. The van der Waals surface area contributed by atoms with E-state index in [9.17, 15) is 14.0 Å². The fraction of sp³-hybridized carbons (Fsp3) is 0.176. The summed E-state index contributed by atoms with van der Waals surface area (Å²) < 4.78 is 23.6. The molecule has 1 amide bonds. The van der Waals surface area contributed by atoms with Crippen LogP contribution in [-0.2, 0) is 20.9 Å². The minimum absolute atomic E-state index is 0.0680. The lowest BCUT2D eigenvalue weighted by Gasteiger charge is -2.23. The predicted octanol–water partition coefficient (Wildman–Crippen LogP) is 3.11. The molecular weight excluding hydrogens is 361 g/mol. The number of fused-ring (bicyclic) bond motifs is 1. The van der Waals surface area contributed by atoms with Crippen LogP contribution in [0.5, 0.6) is 0 Å². The van der Waals surface area contributed by atoms with Crippen LogP contribution in [0.2, 0.25) is 0 Å². The first-order valence-electron chi connectivity index (χ1n) is 7.71. The third-order valence-electron chi connectivity index (χ3n) is 3.92. The molecule has 4 rings (SSSR count). The van der Waals surface area contributed by atoms with Crippen molar-refractivity contribution in [3.63, 3.8) is 0 Å². The van der Waals surface area contributed by atoms with Crippen molar-refractivity contribution in [3.8, 4) is 11.4 Å². The Morgan fingerprint density at radius 2 is 2.31 bits per heavy atom. The first-order chi connectivity index (χ1) is 12.6. The SMILES string of the molecule is O=C1CC(C(=O)OCc2nc(-c3ccsc3)no2)c2ccc(F)cc2N1. The monoisotopic (exact) mass is 373 g/mol. The highest BCUT2D eigenvalue weighted by Gasteiger charge is 2.32. The van der Waals surface area contributed by atoms with Crippen molar-refractivity contribution in [2.45, 2.75) is 18.9 Å². The third-order valence-corrected chi connectivity index (χ3v) is 4.61. The van der Waals surface area contributed by atoms with Crippen molar-refractivity contribution in [1.82, 2.24) is 10.1 Å². The van der Waals surface area contributed by atoms with Crippen molar-refractivity contribution in [3.05, 3.63) is 52.3 Å². The lowest BCUT2D eigenvalue weighted by atomic mass is 9.90. The number of hydrogen-bond donors (Lipinski definition) is 1. The number of thiophene rings is 1. The van der Waals surface area contributed by atoms with Crippen LogP contribution < -0.4 is 5.32 Å². The number of anilines is 1. The first-order valence-corrected chi connectivity index (χ1v) is 8.65. The van der Waals surface area contributed by atoms with Crippen molar-refractivity contribution in [2.75, 3.05) is 5.32 Å². The van der Waals surface area contributed by atoms with E-state index in [0.717, 1.165) is 5.56 Å². The van der Waals surface area contributed by atoms with E-state index >= 15 is 0 Å². The summed E-state index contributed by atoms with van der Waals surface area (Å²) >= 11 is 1.50. The maximum absolute atomic E-state index is 13.3. The van der Waals surface area contributed by atoms with Crippen LogP contribution in [0.3, 0.4) is 0 Å². The summed E-state index contributed by atoms with van der Waals surface area (Å²) in [6.07, 6.45) is -0.0680. The molecule has 3 heterocycles. The van der Waals surface area contributed by atoms with Gasteiger partial charge in [0.25, 0.3) is 5.89 Å². The molecule has 132 valence electrons. The molecule has 1 aliphatic heterocycles. The Bertz CT molecular complexity index is 970. The van der Waals surface area contributed by atoms with Gasteiger partial charge in [0.1, 0.15) is 5.82 Å². The number of ether oxygens (including phenoxy) is 1. The molecule has 0 spiro atoms. The lowest BCUT2D eigenvalue weighted by Crippen LogP contribution is -2.28. The maximum atomic E-state index is 13.3. The molecule has 0 fully saturated rings. The van der Waals surface area contributed by atoms with Crippen LogP contribution in [0, 0.1) is 5.82 Å². The zero-order valence-corrected chi connectivity index (χ0v) is 14.1. The Labute approximate surface area is 150 Å². The summed E-state index contributed by atoms with van der Waals surface area (Å²) in [5.74, 6) is -1.72. The van der Waals surface area contributed by atoms with Gasteiger partial charge in [-0.25, -0.2) is 4.39 Å². The molecule has 1 atom stereocenters. The van der Waals surface area contributed by atoms with E-state index in [1.54, 1.807) is 0 Å². The maximum Gasteiger partial charge on any atom is 0.314 e. The lowest BCUT2D eigenvalue weighted by molar-refractivity contribution is -0.148. The van der Waals surface area contributed by atoms with Gasteiger partial charge in [-0.2, -0.15) is 16.3 Å². The van der Waals surface area contributed by atoms with Crippen molar-refractivity contribution in [2.24, 2.45) is 0 Å². The number of carbonyl (C=O) groups excluding carboxylic acids is 2. The van der Waals surface area contributed by atoms with Crippen LogP contribution >= 0.6 is 11.3 Å². The molecular formula is C17H12FN3O4S. The van der Waals surface area contributed by atoms with Gasteiger partial charge in [-0.05, 0) is 29.1 Å². The first kappa shape index (κ1) is 16.4. The second kappa shape index (κ2) is 6.68. The zero-order chi connectivity index (χ0) is 18.1. The van der Waals surface area contributed by atoms with E-state index in [0.29, 0.717) is 11.4 Å². The molecule has 0 radical (unpaired) electrons. The molecule has 1 aromatic carbocycles. The van der Waals surface area contributed by atoms with Crippen LogP contribution in [0.1, 0.15) is 23.8 Å². The van der Waals surface area contributed by atoms with Crippen molar-refractivity contribution in [1.29, 1.82) is 0 Å². The van der Waals surface area contributed by atoms with E-state index in [-0.39, 0.29) is 30.5 Å². The van der Waals surface area contributed by atoms with Crippen molar-refractivity contribution >= 4 is 28.9 Å². The molecule has 7 nitrogen and oxygen atoms in total. The summed E-state index contributed by atoms with van der Waals surface area (Å²) in [6, 6.07) is 5.74. The van der Waals surface area contributed by atoms with Crippen LogP contribution in [0.15, 0.2) is 39.5 Å². The van der Waals surface area contributed by atoms with Crippen molar-refractivity contribution < 1.29 is 23.2 Å². The number of hydrogen-bond acceptors (Lipinski definition) is 7. The minimum atomic E-state index is -0.807. The Kier molecular flexibility index (Phi) is 4.21. The Hall–Kier alpha value is -3.07. The van der Waals surface area contributed by atoms with E-state index < -0.39 is 17.7 Å². The molecule has 0 aliphatic carbocycles. The van der Waals surface area contributed by atoms with Gasteiger partial charge in [0, 0.05) is 23.1 Å². The number of carbonyl (C=O) groups is 2. The number of benzene rings is 1. The minimum Gasteiger partial charge on any atom is -0.455 e. The molecule has 2 aromatic heterocycles. The average molecular weight is 373 g/mol. The molecule has 3 aromatic rings. The summed E-state index contributed by atoms with van der Waals surface area (Å²) in [5, 5.41) is 10.1. The molecule has 9 heteroatoms. The number of nitrogens with zero attached hydrogens (tertiary/aromatic N) is 2. The molecule has 0 bridgehead atoms. The second-order valence-electron chi connectivity index (χ2n) is 5.67. The van der Waals surface area contributed by atoms with E-state index in [4.69, 9.17) is 9.26 Å². The van der Waals surface area contributed by atoms with Crippen LogP contribution in [0.25, 0.3) is 11.4 Å².